The quantitative estimate of drug-likeness (QED) is 0.743. The molecule has 0 aliphatic carbocycles. The number of nitrogens with two attached hydrogens (primary N) is 1. The summed E-state index contributed by atoms with van der Waals surface area (Å²) in [6.07, 6.45) is -0.576. The van der Waals surface area contributed by atoms with Gasteiger partial charge < -0.3 is 21.1 Å². The smallest absolute Gasteiger partial charge is 0.407 e. The Morgan fingerprint density at radius 3 is 2.32 bits per heavy atom. The van der Waals surface area contributed by atoms with Gasteiger partial charge in [-0.15, -0.1) is 0 Å². The second-order valence-corrected chi connectivity index (χ2v) is 6.18. The van der Waals surface area contributed by atoms with E-state index in [0.29, 0.717) is 6.54 Å². The first-order valence-corrected chi connectivity index (χ1v) is 7.25. The molecule has 6 heteroatoms. The van der Waals surface area contributed by atoms with Crippen molar-refractivity contribution in [2.24, 2.45) is 5.73 Å². The van der Waals surface area contributed by atoms with Crippen molar-refractivity contribution in [2.75, 3.05) is 0 Å². The highest BCUT2D eigenvalue weighted by atomic mass is 16.6. The van der Waals surface area contributed by atoms with Gasteiger partial charge in [-0.2, -0.15) is 0 Å². The lowest BCUT2D eigenvalue weighted by Crippen LogP contribution is -2.55. The van der Waals surface area contributed by atoms with Crippen molar-refractivity contribution < 1.29 is 14.3 Å². The largest absolute Gasteiger partial charge is 0.444 e. The summed E-state index contributed by atoms with van der Waals surface area (Å²) in [5.74, 6) is -0.528. The molecule has 0 saturated heterocycles. The number of primary amides is 1. The van der Waals surface area contributed by atoms with Crippen molar-refractivity contribution in [1.82, 2.24) is 10.6 Å². The molecular formula is C16H25N3O3. The van der Waals surface area contributed by atoms with Gasteiger partial charge in [-0.3, -0.25) is 4.79 Å². The first kappa shape index (κ1) is 18.0. The van der Waals surface area contributed by atoms with Crippen LogP contribution in [0.1, 0.15) is 33.3 Å². The molecule has 122 valence electrons. The zero-order chi connectivity index (χ0) is 16.8. The van der Waals surface area contributed by atoms with Gasteiger partial charge >= 0.3 is 6.09 Å². The lowest BCUT2D eigenvalue weighted by atomic mass is 10.1. The molecule has 1 aromatic carbocycles. The van der Waals surface area contributed by atoms with Crippen LogP contribution in [0.25, 0.3) is 0 Å². The molecule has 2 atom stereocenters. The standard InChI is InChI=1S/C16H25N3O3/c1-11(19-15(21)22-16(2,3)4)13(14(17)20)18-10-12-8-6-5-7-9-12/h5-9,11,13,18H,10H2,1-4H3,(H2,17,20)(H,19,21). The average molecular weight is 307 g/mol. The second-order valence-electron chi connectivity index (χ2n) is 6.18. The lowest BCUT2D eigenvalue weighted by molar-refractivity contribution is -0.120. The van der Waals surface area contributed by atoms with Gasteiger partial charge in [0.05, 0.1) is 6.04 Å². The number of carbonyl (C=O) groups is 2. The van der Waals surface area contributed by atoms with E-state index >= 15 is 0 Å². The Morgan fingerprint density at radius 2 is 1.82 bits per heavy atom. The molecule has 22 heavy (non-hydrogen) atoms. The molecular weight excluding hydrogens is 282 g/mol. The van der Waals surface area contributed by atoms with Crippen LogP contribution in [0.4, 0.5) is 4.79 Å². The van der Waals surface area contributed by atoms with Crippen LogP contribution < -0.4 is 16.4 Å². The molecule has 4 N–H and O–H groups in total. The number of hydrogen-bond acceptors (Lipinski definition) is 4. The minimum absolute atomic E-state index is 0.481. The van der Waals surface area contributed by atoms with Crippen LogP contribution in [0.2, 0.25) is 0 Å². The van der Waals surface area contributed by atoms with Crippen molar-refractivity contribution in [3.63, 3.8) is 0 Å². The highest BCUT2D eigenvalue weighted by molar-refractivity contribution is 5.81. The predicted molar refractivity (Wildman–Crippen MR) is 85.1 cm³/mol. The highest BCUT2D eigenvalue weighted by Crippen LogP contribution is 2.07. The average Bonchev–Trinajstić information content (AvgIpc) is 2.37. The number of alkyl carbamates (subject to hydrolysis) is 1. The van der Waals surface area contributed by atoms with Crippen molar-refractivity contribution in [2.45, 2.75) is 51.9 Å². The number of nitrogens with one attached hydrogen (secondary N) is 2. The molecule has 0 fully saturated rings. The Morgan fingerprint density at radius 1 is 1.23 bits per heavy atom. The number of hydrogen-bond donors (Lipinski definition) is 3. The van der Waals surface area contributed by atoms with Crippen LogP contribution in [0.3, 0.4) is 0 Å². The maximum absolute atomic E-state index is 11.8. The van der Waals surface area contributed by atoms with Gasteiger partial charge in [0.2, 0.25) is 5.91 Å². The van der Waals surface area contributed by atoms with Crippen LogP contribution >= 0.6 is 0 Å². The van der Waals surface area contributed by atoms with Gasteiger partial charge in [0.25, 0.3) is 0 Å². The molecule has 0 spiro atoms. The number of amides is 2. The third-order valence-electron chi connectivity index (χ3n) is 2.92. The third-order valence-corrected chi connectivity index (χ3v) is 2.92. The minimum Gasteiger partial charge on any atom is -0.444 e. The molecule has 2 amide bonds. The van der Waals surface area contributed by atoms with Crippen molar-refractivity contribution in [1.29, 1.82) is 0 Å². The van der Waals surface area contributed by atoms with Gasteiger partial charge in [0.1, 0.15) is 11.6 Å². The van der Waals surface area contributed by atoms with Crippen LogP contribution in [0.15, 0.2) is 30.3 Å². The van der Waals surface area contributed by atoms with E-state index in [-0.39, 0.29) is 0 Å². The summed E-state index contributed by atoms with van der Waals surface area (Å²) in [5, 5.41) is 5.69. The summed E-state index contributed by atoms with van der Waals surface area (Å²) in [6, 6.07) is 8.46. The Kier molecular flexibility index (Phi) is 6.37. The normalized spacial score (nSPS) is 14.0. The second kappa shape index (κ2) is 7.79. The molecule has 0 aliphatic rings. The van der Waals surface area contributed by atoms with Crippen molar-refractivity contribution >= 4 is 12.0 Å². The van der Waals surface area contributed by atoms with E-state index in [1.165, 1.54) is 0 Å². The first-order chi connectivity index (χ1) is 10.2. The summed E-state index contributed by atoms with van der Waals surface area (Å²) in [7, 11) is 0. The number of carbonyl (C=O) groups excluding carboxylic acids is 2. The van der Waals surface area contributed by atoms with Gasteiger partial charge in [0.15, 0.2) is 0 Å². The molecule has 0 saturated carbocycles. The molecule has 6 nitrogen and oxygen atoms in total. The Bertz CT molecular complexity index is 497. The van der Waals surface area contributed by atoms with Gasteiger partial charge in [0, 0.05) is 6.54 Å². The van der Waals surface area contributed by atoms with E-state index in [4.69, 9.17) is 10.5 Å². The van der Waals surface area contributed by atoms with E-state index < -0.39 is 29.7 Å². The maximum Gasteiger partial charge on any atom is 0.407 e. The SMILES string of the molecule is CC(NC(=O)OC(C)(C)C)C(NCc1ccccc1)C(N)=O. The fourth-order valence-electron chi connectivity index (χ4n) is 1.92. The zero-order valence-corrected chi connectivity index (χ0v) is 13.6. The van der Waals surface area contributed by atoms with E-state index in [2.05, 4.69) is 10.6 Å². The van der Waals surface area contributed by atoms with Crippen molar-refractivity contribution in [3.8, 4) is 0 Å². The molecule has 0 aliphatic heterocycles. The fourth-order valence-corrected chi connectivity index (χ4v) is 1.92. The summed E-state index contributed by atoms with van der Waals surface area (Å²) >= 11 is 0. The first-order valence-electron chi connectivity index (χ1n) is 7.25. The summed E-state index contributed by atoms with van der Waals surface area (Å²) in [6.45, 7) is 7.51. The topological polar surface area (TPSA) is 93.4 Å². The van der Waals surface area contributed by atoms with Crippen molar-refractivity contribution in [3.05, 3.63) is 35.9 Å². The predicted octanol–water partition coefficient (Wildman–Crippen LogP) is 1.54. The van der Waals surface area contributed by atoms with Crippen LogP contribution in [0.5, 0.6) is 0 Å². The summed E-state index contributed by atoms with van der Waals surface area (Å²) < 4.78 is 5.17. The monoisotopic (exact) mass is 307 g/mol. The van der Waals surface area contributed by atoms with E-state index in [9.17, 15) is 9.59 Å². The van der Waals surface area contributed by atoms with Crippen LogP contribution in [0, 0.1) is 0 Å². The number of ether oxygens (including phenoxy) is 1. The molecule has 2 unspecified atom stereocenters. The van der Waals surface area contributed by atoms with Crippen LogP contribution in [-0.2, 0) is 16.1 Å². The summed E-state index contributed by atoms with van der Waals surface area (Å²) in [5.41, 5.74) is 5.84. The lowest BCUT2D eigenvalue weighted by Gasteiger charge is -2.26. The molecule has 0 aromatic heterocycles. The van der Waals surface area contributed by atoms with Crippen LogP contribution in [-0.4, -0.2) is 29.7 Å². The van der Waals surface area contributed by atoms with Gasteiger partial charge in [-0.1, -0.05) is 30.3 Å². The van der Waals surface area contributed by atoms with E-state index in [0.717, 1.165) is 5.56 Å². The maximum atomic E-state index is 11.8. The highest BCUT2D eigenvalue weighted by Gasteiger charge is 2.26. The Labute approximate surface area is 131 Å². The Hall–Kier alpha value is -2.08. The minimum atomic E-state index is -0.687. The third kappa shape index (κ3) is 6.58. The van der Waals surface area contributed by atoms with E-state index in [1.807, 2.05) is 30.3 Å². The number of rotatable bonds is 6. The molecule has 1 aromatic rings. The van der Waals surface area contributed by atoms with Gasteiger partial charge in [-0.25, -0.2) is 4.79 Å². The number of benzene rings is 1. The van der Waals surface area contributed by atoms with E-state index in [1.54, 1.807) is 27.7 Å². The Balaban J connectivity index is 2.58. The summed E-state index contributed by atoms with van der Waals surface area (Å²) in [4.78, 5) is 23.4. The van der Waals surface area contributed by atoms with Gasteiger partial charge in [-0.05, 0) is 33.3 Å². The molecule has 1 rings (SSSR count). The fraction of sp³-hybridized carbons (Fsp3) is 0.500. The zero-order valence-electron chi connectivity index (χ0n) is 13.6. The molecule has 0 radical (unpaired) electrons. The molecule has 0 bridgehead atoms. The molecule has 0 heterocycles.